The lowest BCUT2D eigenvalue weighted by atomic mass is 10.1. The van der Waals surface area contributed by atoms with Crippen LogP contribution in [0.5, 0.6) is 0 Å². The molecule has 210 valence electrons. The van der Waals surface area contributed by atoms with E-state index in [2.05, 4.69) is 0 Å². The van der Waals surface area contributed by atoms with Gasteiger partial charge in [0.05, 0.1) is 27.7 Å². The number of carbonyl (C=O) groups excluding carboxylic acids is 1. The monoisotopic (exact) mass is 579 g/mol. The highest BCUT2D eigenvalue weighted by molar-refractivity contribution is 7.07. The molecule has 1 amide bonds. The van der Waals surface area contributed by atoms with Crippen LogP contribution in [0.1, 0.15) is 18.2 Å². The maximum atomic E-state index is 13.6. The van der Waals surface area contributed by atoms with Crippen molar-refractivity contribution in [1.29, 1.82) is 0 Å². The molecule has 0 aliphatic carbocycles. The summed E-state index contributed by atoms with van der Waals surface area (Å²) < 4.78 is 4.76. The average molecular weight is 580 g/mol. The number of amides is 1. The maximum absolute atomic E-state index is 13.6. The Kier molecular flexibility index (Phi) is 6.75. The van der Waals surface area contributed by atoms with Crippen molar-refractivity contribution in [3.05, 3.63) is 121 Å². The first-order chi connectivity index (χ1) is 20.3. The van der Waals surface area contributed by atoms with Gasteiger partial charge >= 0.3 is 0 Å². The Morgan fingerprint density at radius 3 is 2.45 bits per heavy atom. The third kappa shape index (κ3) is 4.38. The van der Waals surface area contributed by atoms with Crippen LogP contribution in [0.2, 0.25) is 0 Å². The van der Waals surface area contributed by atoms with E-state index in [1.54, 1.807) is 41.1 Å². The maximum Gasteiger partial charge on any atom is 0.297 e. The van der Waals surface area contributed by atoms with Crippen LogP contribution in [0.15, 0.2) is 99.1 Å². The van der Waals surface area contributed by atoms with Gasteiger partial charge in [0.1, 0.15) is 0 Å². The molecule has 6 rings (SSSR count). The Hall–Kier alpha value is -5.36. The number of rotatable bonds is 6. The Labute approximate surface area is 243 Å². The van der Waals surface area contributed by atoms with Gasteiger partial charge in [0.25, 0.3) is 17.2 Å². The first-order valence-electron chi connectivity index (χ1n) is 13.1. The quantitative estimate of drug-likeness (QED) is 0.213. The molecule has 0 unspecified atom stereocenters. The minimum Gasteiger partial charge on any atom is -0.307 e. The summed E-state index contributed by atoms with van der Waals surface area (Å²) in [6, 6.07) is 22.8. The first-order valence-corrected chi connectivity index (χ1v) is 14.0. The lowest BCUT2D eigenvalue weighted by molar-refractivity contribution is -0.384. The number of fused-ring (bicyclic) bond motifs is 1. The molecule has 0 N–H and O–H groups in total. The number of thiazole rings is 1. The molecule has 12 heteroatoms. The summed E-state index contributed by atoms with van der Waals surface area (Å²) in [5.74, 6) is -0.268. The van der Waals surface area contributed by atoms with Crippen molar-refractivity contribution in [3.8, 4) is 16.9 Å². The number of benzene rings is 3. The predicted molar refractivity (Wildman–Crippen MR) is 162 cm³/mol. The van der Waals surface area contributed by atoms with Gasteiger partial charge in [0.15, 0.2) is 11.4 Å². The van der Waals surface area contributed by atoms with E-state index in [9.17, 15) is 19.7 Å². The van der Waals surface area contributed by atoms with Crippen LogP contribution < -0.4 is 15.3 Å². The van der Waals surface area contributed by atoms with Gasteiger partial charge < -0.3 is 4.90 Å². The van der Waals surface area contributed by atoms with E-state index in [0.29, 0.717) is 39.5 Å². The van der Waals surface area contributed by atoms with E-state index < -0.39 is 4.92 Å². The van der Waals surface area contributed by atoms with Gasteiger partial charge in [-0.25, -0.2) is 14.4 Å². The minimum absolute atomic E-state index is 0.0829. The highest BCUT2D eigenvalue weighted by atomic mass is 32.1. The van der Waals surface area contributed by atoms with Crippen LogP contribution >= 0.6 is 11.3 Å². The van der Waals surface area contributed by atoms with Gasteiger partial charge in [-0.05, 0) is 32.0 Å². The molecule has 0 saturated carbocycles. The number of likely N-dealkylation sites (N-methyl/N-ethyl adjacent to an activating group) is 1. The number of hydrogen-bond donors (Lipinski definition) is 0. The Balaban J connectivity index is 1.61. The van der Waals surface area contributed by atoms with Crippen molar-refractivity contribution in [3.63, 3.8) is 0 Å². The molecule has 2 aromatic heterocycles. The number of carbonyl (C=O) groups is 1. The summed E-state index contributed by atoms with van der Waals surface area (Å²) in [5, 5.41) is 18.1. The van der Waals surface area contributed by atoms with Gasteiger partial charge in [-0.2, -0.15) is 5.10 Å². The average Bonchev–Trinajstić information content (AvgIpc) is 3.60. The van der Waals surface area contributed by atoms with Gasteiger partial charge in [-0.15, -0.1) is 11.3 Å². The van der Waals surface area contributed by atoms with Crippen molar-refractivity contribution in [1.82, 2.24) is 14.0 Å². The Bertz CT molecular complexity index is 2030. The van der Waals surface area contributed by atoms with Crippen LogP contribution in [-0.2, 0) is 11.8 Å². The van der Waals surface area contributed by atoms with E-state index in [4.69, 9.17) is 10.1 Å². The molecule has 3 aromatic carbocycles. The predicted octanol–water partition coefficient (Wildman–Crippen LogP) is 4.77. The van der Waals surface area contributed by atoms with E-state index in [1.807, 2.05) is 61.5 Å². The zero-order valence-corrected chi connectivity index (χ0v) is 23.8. The van der Waals surface area contributed by atoms with Crippen LogP contribution in [-0.4, -0.2) is 37.1 Å². The fraction of sp³-hybridized carbons (Fsp3) is 0.133. The lowest BCUT2D eigenvalue weighted by Crippen LogP contribution is -2.30. The molecule has 0 spiro atoms. The highest BCUT2D eigenvalue weighted by Crippen LogP contribution is 2.30. The summed E-state index contributed by atoms with van der Waals surface area (Å²) in [6.45, 7) is 4.15. The zero-order valence-electron chi connectivity index (χ0n) is 23.0. The van der Waals surface area contributed by atoms with E-state index in [1.165, 1.54) is 32.8 Å². The number of aromatic nitrogens is 3. The summed E-state index contributed by atoms with van der Waals surface area (Å²) >= 11 is 1.22. The normalized spacial score (nSPS) is 14.2. The standard InChI is InChI=1S/C30H25N7O4S/c1-4-34-24-16-9-8-15-23(24)27(28(34)38)32-35-25(20-11-10-14-22(17-20)37(40)41)18-42-30(35)31-26-19(2)33(3)36(29(26)39)21-12-6-5-7-13-21/h5-18H,4H2,1-3H3. The van der Waals surface area contributed by atoms with Gasteiger partial charge in [0, 0.05) is 42.2 Å². The topological polar surface area (TPSA) is 120 Å². The van der Waals surface area contributed by atoms with E-state index in [-0.39, 0.29) is 28.6 Å². The summed E-state index contributed by atoms with van der Waals surface area (Å²) in [5.41, 5.74) is 3.79. The molecular weight excluding hydrogens is 554 g/mol. The summed E-state index contributed by atoms with van der Waals surface area (Å²) in [4.78, 5) is 45.0. The molecule has 5 aromatic rings. The second kappa shape index (κ2) is 10.6. The largest absolute Gasteiger partial charge is 0.307 e. The fourth-order valence-electron chi connectivity index (χ4n) is 5.00. The third-order valence-electron chi connectivity index (χ3n) is 7.18. The zero-order chi connectivity index (χ0) is 29.5. The molecule has 11 nitrogen and oxygen atoms in total. The SMILES string of the molecule is CCN1C(=O)C(=Nn2c(-c3cccc([N+](=O)[O-])c3)csc2=Nc2c(C)n(C)n(-c3ccccc3)c2=O)c2ccccc21. The number of para-hydroxylation sites is 2. The minimum atomic E-state index is -0.466. The Morgan fingerprint density at radius 1 is 0.976 bits per heavy atom. The molecule has 0 saturated heterocycles. The van der Waals surface area contributed by atoms with Crippen molar-refractivity contribution < 1.29 is 9.72 Å². The molecule has 1 aliphatic heterocycles. The molecule has 1 aliphatic rings. The summed E-state index contributed by atoms with van der Waals surface area (Å²) in [7, 11) is 1.79. The van der Waals surface area contributed by atoms with Crippen molar-refractivity contribution >= 4 is 40.0 Å². The summed E-state index contributed by atoms with van der Waals surface area (Å²) in [6.07, 6.45) is 0. The van der Waals surface area contributed by atoms with Gasteiger partial charge in [-0.1, -0.05) is 48.5 Å². The van der Waals surface area contributed by atoms with Crippen molar-refractivity contribution in [2.45, 2.75) is 13.8 Å². The number of nitrogens with zero attached hydrogens (tertiary/aromatic N) is 7. The number of nitro groups is 1. The van der Waals surface area contributed by atoms with Crippen LogP contribution in [0.25, 0.3) is 16.9 Å². The third-order valence-corrected chi connectivity index (χ3v) is 8.00. The molecular formula is C30H25N7O4S. The number of nitro benzene ring substituents is 1. The lowest BCUT2D eigenvalue weighted by Gasteiger charge is -2.13. The number of non-ortho nitro benzene ring substituents is 1. The van der Waals surface area contributed by atoms with Gasteiger partial charge in [0.2, 0.25) is 4.80 Å². The van der Waals surface area contributed by atoms with E-state index >= 15 is 0 Å². The van der Waals surface area contributed by atoms with Crippen molar-refractivity contribution in [2.75, 3.05) is 11.4 Å². The van der Waals surface area contributed by atoms with Crippen LogP contribution in [0.4, 0.5) is 17.1 Å². The van der Waals surface area contributed by atoms with Crippen LogP contribution in [0, 0.1) is 17.0 Å². The molecule has 0 fully saturated rings. The highest BCUT2D eigenvalue weighted by Gasteiger charge is 2.33. The fourth-order valence-corrected chi connectivity index (χ4v) is 5.84. The second-order valence-corrected chi connectivity index (χ2v) is 10.4. The molecule has 42 heavy (non-hydrogen) atoms. The molecule has 3 heterocycles. The molecule has 0 radical (unpaired) electrons. The van der Waals surface area contributed by atoms with Gasteiger partial charge in [-0.3, -0.25) is 24.4 Å². The first kappa shape index (κ1) is 26.8. The number of hydrogen-bond acceptors (Lipinski definition) is 7. The van der Waals surface area contributed by atoms with E-state index in [0.717, 1.165) is 5.69 Å². The Morgan fingerprint density at radius 2 is 1.71 bits per heavy atom. The molecule has 0 atom stereocenters. The van der Waals surface area contributed by atoms with Crippen molar-refractivity contribution in [2.24, 2.45) is 17.1 Å². The number of anilines is 1. The smallest absolute Gasteiger partial charge is 0.297 e. The second-order valence-electron chi connectivity index (χ2n) is 9.56. The molecule has 0 bridgehead atoms. The van der Waals surface area contributed by atoms with Crippen LogP contribution in [0.3, 0.4) is 0 Å².